The van der Waals surface area contributed by atoms with Gasteiger partial charge in [0.15, 0.2) is 0 Å². The lowest BCUT2D eigenvalue weighted by Gasteiger charge is -2.12. The van der Waals surface area contributed by atoms with Gasteiger partial charge in [0, 0.05) is 6.54 Å². The summed E-state index contributed by atoms with van der Waals surface area (Å²) in [5, 5.41) is 3.07. The van der Waals surface area contributed by atoms with Crippen molar-refractivity contribution < 1.29 is 4.74 Å². The molecule has 0 aliphatic carbocycles. The minimum Gasteiger partial charge on any atom is -0.473 e. The zero-order valence-corrected chi connectivity index (χ0v) is 9.16. The van der Waals surface area contributed by atoms with E-state index in [0.717, 1.165) is 5.82 Å². The molecule has 0 saturated carbocycles. The molecule has 0 atom stereocenters. The van der Waals surface area contributed by atoms with Crippen LogP contribution < -0.4 is 15.8 Å². The third-order valence-corrected chi connectivity index (χ3v) is 1.66. The number of nitrogens with two attached hydrogens (primary N) is 1. The fourth-order valence-corrected chi connectivity index (χ4v) is 1.04. The average Bonchev–Trinajstić information content (AvgIpc) is 2.18. The van der Waals surface area contributed by atoms with E-state index in [1.165, 1.54) is 0 Å². The Morgan fingerprint density at radius 2 is 2.33 bits per heavy atom. The highest BCUT2D eigenvalue weighted by atomic mass is 16.5. The van der Waals surface area contributed by atoms with Crippen LogP contribution in [0.25, 0.3) is 0 Å². The zero-order valence-electron chi connectivity index (χ0n) is 9.16. The number of nitrogen functional groups attached to an aromatic ring is 1. The van der Waals surface area contributed by atoms with Gasteiger partial charge >= 0.3 is 0 Å². The van der Waals surface area contributed by atoms with Crippen LogP contribution in [-0.2, 0) is 0 Å². The molecule has 4 nitrogen and oxygen atoms in total. The smallest absolute Gasteiger partial charge is 0.239 e. The molecule has 1 aromatic rings. The first-order valence-electron chi connectivity index (χ1n) is 4.91. The average molecular weight is 207 g/mol. The first-order valence-corrected chi connectivity index (χ1v) is 4.91. The number of rotatable bonds is 5. The van der Waals surface area contributed by atoms with Crippen molar-refractivity contribution in [2.75, 3.05) is 17.6 Å². The topological polar surface area (TPSA) is 60.2 Å². The number of nitrogens with one attached hydrogen (secondary N) is 1. The van der Waals surface area contributed by atoms with E-state index in [0.29, 0.717) is 18.1 Å². The molecule has 1 rings (SSSR count). The van der Waals surface area contributed by atoms with Crippen LogP contribution in [0.15, 0.2) is 24.8 Å². The SMILES string of the molecule is C=CCNc1ccc(N)c(OC(C)C)n1. The van der Waals surface area contributed by atoms with Gasteiger partial charge in [0.2, 0.25) is 5.88 Å². The second-order valence-electron chi connectivity index (χ2n) is 3.43. The van der Waals surface area contributed by atoms with Gasteiger partial charge in [-0.3, -0.25) is 0 Å². The van der Waals surface area contributed by atoms with E-state index in [4.69, 9.17) is 10.5 Å². The summed E-state index contributed by atoms with van der Waals surface area (Å²) >= 11 is 0. The van der Waals surface area contributed by atoms with E-state index in [-0.39, 0.29) is 6.10 Å². The molecule has 0 bridgehead atoms. The number of anilines is 2. The molecule has 1 heterocycles. The second-order valence-corrected chi connectivity index (χ2v) is 3.43. The summed E-state index contributed by atoms with van der Waals surface area (Å²) < 4.78 is 5.46. The molecule has 0 aliphatic heterocycles. The van der Waals surface area contributed by atoms with Gasteiger partial charge in [-0.25, -0.2) is 0 Å². The number of ether oxygens (including phenoxy) is 1. The Bertz CT molecular complexity index is 337. The van der Waals surface area contributed by atoms with E-state index in [9.17, 15) is 0 Å². The molecule has 15 heavy (non-hydrogen) atoms. The summed E-state index contributed by atoms with van der Waals surface area (Å²) in [5.41, 5.74) is 6.28. The number of pyridine rings is 1. The van der Waals surface area contributed by atoms with Crippen LogP contribution in [0.1, 0.15) is 13.8 Å². The molecule has 0 unspecified atom stereocenters. The van der Waals surface area contributed by atoms with Gasteiger partial charge in [-0.1, -0.05) is 6.08 Å². The molecule has 0 fully saturated rings. The minimum absolute atomic E-state index is 0.0643. The van der Waals surface area contributed by atoms with Crippen LogP contribution in [0.5, 0.6) is 5.88 Å². The van der Waals surface area contributed by atoms with Gasteiger partial charge < -0.3 is 15.8 Å². The third kappa shape index (κ3) is 3.50. The summed E-state index contributed by atoms with van der Waals surface area (Å²) in [4.78, 5) is 4.24. The van der Waals surface area contributed by atoms with Crippen molar-refractivity contribution in [1.29, 1.82) is 0 Å². The van der Waals surface area contributed by atoms with E-state index < -0.39 is 0 Å². The van der Waals surface area contributed by atoms with Gasteiger partial charge in [-0.05, 0) is 26.0 Å². The summed E-state index contributed by atoms with van der Waals surface area (Å²) in [6, 6.07) is 3.59. The Morgan fingerprint density at radius 3 is 2.93 bits per heavy atom. The highest BCUT2D eigenvalue weighted by Gasteiger charge is 2.05. The van der Waals surface area contributed by atoms with Crippen molar-refractivity contribution >= 4 is 11.5 Å². The Hall–Kier alpha value is -1.71. The molecule has 82 valence electrons. The van der Waals surface area contributed by atoms with Crippen LogP contribution in [0.4, 0.5) is 11.5 Å². The fourth-order valence-electron chi connectivity index (χ4n) is 1.04. The Morgan fingerprint density at radius 1 is 1.60 bits per heavy atom. The molecular weight excluding hydrogens is 190 g/mol. The van der Waals surface area contributed by atoms with Crippen molar-refractivity contribution in [3.8, 4) is 5.88 Å². The van der Waals surface area contributed by atoms with Gasteiger partial charge in [0.1, 0.15) is 5.82 Å². The molecule has 0 spiro atoms. The molecule has 1 aromatic heterocycles. The summed E-state index contributed by atoms with van der Waals surface area (Å²) in [6.45, 7) is 8.15. The maximum absolute atomic E-state index is 5.73. The fraction of sp³-hybridized carbons (Fsp3) is 0.364. The zero-order chi connectivity index (χ0) is 11.3. The molecular formula is C11H17N3O. The number of hydrogen-bond donors (Lipinski definition) is 2. The highest BCUT2D eigenvalue weighted by molar-refractivity contribution is 5.53. The Balaban J connectivity index is 2.79. The summed E-state index contributed by atoms with van der Waals surface area (Å²) in [5.74, 6) is 1.21. The lowest BCUT2D eigenvalue weighted by molar-refractivity contribution is 0.234. The number of nitrogens with zero attached hydrogens (tertiary/aromatic N) is 1. The summed E-state index contributed by atoms with van der Waals surface area (Å²) in [6.07, 6.45) is 1.83. The molecule has 3 N–H and O–H groups in total. The van der Waals surface area contributed by atoms with Crippen LogP contribution in [0.2, 0.25) is 0 Å². The molecule has 0 aliphatic rings. The van der Waals surface area contributed by atoms with Crippen molar-refractivity contribution in [3.05, 3.63) is 24.8 Å². The van der Waals surface area contributed by atoms with E-state index in [1.807, 2.05) is 19.9 Å². The van der Waals surface area contributed by atoms with Crippen molar-refractivity contribution in [3.63, 3.8) is 0 Å². The third-order valence-electron chi connectivity index (χ3n) is 1.66. The van der Waals surface area contributed by atoms with E-state index in [1.54, 1.807) is 12.1 Å². The van der Waals surface area contributed by atoms with Gasteiger partial charge in [0.25, 0.3) is 0 Å². The molecule has 4 heteroatoms. The molecule has 0 aromatic carbocycles. The number of aromatic nitrogens is 1. The van der Waals surface area contributed by atoms with Crippen LogP contribution in [0.3, 0.4) is 0 Å². The number of hydrogen-bond acceptors (Lipinski definition) is 4. The van der Waals surface area contributed by atoms with Crippen molar-refractivity contribution in [2.24, 2.45) is 0 Å². The monoisotopic (exact) mass is 207 g/mol. The maximum atomic E-state index is 5.73. The normalized spacial score (nSPS) is 10.1. The maximum Gasteiger partial charge on any atom is 0.239 e. The lowest BCUT2D eigenvalue weighted by Crippen LogP contribution is -2.10. The minimum atomic E-state index is 0.0643. The predicted octanol–water partition coefficient (Wildman–Crippen LogP) is 2.05. The van der Waals surface area contributed by atoms with E-state index in [2.05, 4.69) is 16.9 Å². The first kappa shape index (κ1) is 11.4. The van der Waals surface area contributed by atoms with E-state index >= 15 is 0 Å². The van der Waals surface area contributed by atoms with Gasteiger partial charge in [-0.15, -0.1) is 6.58 Å². The highest BCUT2D eigenvalue weighted by Crippen LogP contribution is 2.21. The van der Waals surface area contributed by atoms with Crippen LogP contribution in [0, 0.1) is 0 Å². The second kappa shape index (κ2) is 5.24. The standard InChI is InChI=1S/C11H17N3O/c1-4-7-13-10-6-5-9(12)11(14-10)15-8(2)3/h4-6,8H,1,7,12H2,2-3H3,(H,13,14). The lowest BCUT2D eigenvalue weighted by atomic mass is 10.4. The predicted molar refractivity (Wildman–Crippen MR) is 63.1 cm³/mol. The van der Waals surface area contributed by atoms with Crippen LogP contribution in [-0.4, -0.2) is 17.6 Å². The van der Waals surface area contributed by atoms with Gasteiger partial charge in [-0.2, -0.15) is 4.98 Å². The Labute approximate surface area is 90.2 Å². The van der Waals surface area contributed by atoms with Crippen molar-refractivity contribution in [1.82, 2.24) is 4.98 Å². The summed E-state index contributed by atoms with van der Waals surface area (Å²) in [7, 11) is 0. The molecule has 0 radical (unpaired) electrons. The van der Waals surface area contributed by atoms with Crippen molar-refractivity contribution in [2.45, 2.75) is 20.0 Å². The largest absolute Gasteiger partial charge is 0.473 e. The van der Waals surface area contributed by atoms with Crippen LogP contribution >= 0.6 is 0 Å². The first-order chi connectivity index (χ1) is 7.13. The quantitative estimate of drug-likeness (QED) is 0.725. The molecule has 0 saturated heterocycles. The Kier molecular flexibility index (Phi) is 3.97. The molecule has 0 amide bonds. The van der Waals surface area contributed by atoms with Gasteiger partial charge in [0.05, 0.1) is 11.8 Å².